The van der Waals surface area contributed by atoms with Crippen molar-refractivity contribution in [3.63, 3.8) is 0 Å². The minimum absolute atomic E-state index is 0.640. The number of H-pyrrole nitrogens is 1. The second kappa shape index (κ2) is 4.66. The maximum atomic E-state index is 3.46. The van der Waals surface area contributed by atoms with Gasteiger partial charge in [0, 0.05) is 43.9 Å². The SMILES string of the molecule is c1cc2cc([C@@H](C3CC3)N3CCNCC3)ccc2[nH]1. The number of fused-ring (bicyclic) bond motifs is 1. The van der Waals surface area contributed by atoms with Crippen molar-refractivity contribution in [3.8, 4) is 0 Å². The summed E-state index contributed by atoms with van der Waals surface area (Å²) >= 11 is 0. The van der Waals surface area contributed by atoms with Crippen LogP contribution in [-0.2, 0) is 0 Å². The van der Waals surface area contributed by atoms with E-state index in [2.05, 4.69) is 39.5 Å². The summed E-state index contributed by atoms with van der Waals surface area (Å²) in [6, 6.07) is 9.77. The Bertz CT molecular complexity index is 564. The molecule has 3 heteroatoms. The van der Waals surface area contributed by atoms with Gasteiger partial charge < -0.3 is 10.3 Å². The number of aromatic nitrogens is 1. The summed E-state index contributed by atoms with van der Waals surface area (Å²) in [5.74, 6) is 0.884. The van der Waals surface area contributed by atoms with Crippen molar-refractivity contribution in [2.45, 2.75) is 18.9 Å². The average molecular weight is 255 g/mol. The van der Waals surface area contributed by atoms with Gasteiger partial charge in [-0.2, -0.15) is 0 Å². The van der Waals surface area contributed by atoms with Gasteiger partial charge in [-0.3, -0.25) is 4.90 Å². The Labute approximate surface area is 114 Å². The van der Waals surface area contributed by atoms with Gasteiger partial charge >= 0.3 is 0 Å². The topological polar surface area (TPSA) is 31.1 Å². The third-order valence-electron chi connectivity index (χ3n) is 4.53. The molecule has 0 spiro atoms. The molecule has 1 aromatic carbocycles. The molecule has 1 saturated heterocycles. The summed E-state index contributed by atoms with van der Waals surface area (Å²) in [6.07, 6.45) is 4.84. The Hall–Kier alpha value is -1.32. The van der Waals surface area contributed by atoms with Crippen LogP contribution in [0.4, 0.5) is 0 Å². The van der Waals surface area contributed by atoms with E-state index in [0.29, 0.717) is 6.04 Å². The molecule has 1 aliphatic carbocycles. The number of piperazine rings is 1. The van der Waals surface area contributed by atoms with Crippen LogP contribution < -0.4 is 5.32 Å². The highest BCUT2D eigenvalue weighted by Crippen LogP contribution is 2.45. The molecule has 0 unspecified atom stereocenters. The zero-order chi connectivity index (χ0) is 12.7. The number of nitrogens with zero attached hydrogens (tertiary/aromatic N) is 1. The summed E-state index contributed by atoms with van der Waals surface area (Å²) in [5.41, 5.74) is 2.76. The smallest absolute Gasteiger partial charge is 0.0454 e. The lowest BCUT2D eigenvalue weighted by molar-refractivity contribution is 0.156. The van der Waals surface area contributed by atoms with E-state index in [-0.39, 0.29) is 0 Å². The van der Waals surface area contributed by atoms with Gasteiger partial charge in [-0.15, -0.1) is 0 Å². The molecule has 19 heavy (non-hydrogen) atoms. The quantitative estimate of drug-likeness (QED) is 0.883. The van der Waals surface area contributed by atoms with Crippen LogP contribution in [-0.4, -0.2) is 36.1 Å². The minimum atomic E-state index is 0.640. The van der Waals surface area contributed by atoms with Crippen molar-refractivity contribution < 1.29 is 0 Å². The Morgan fingerprint density at radius 1 is 1.11 bits per heavy atom. The molecule has 1 saturated carbocycles. The fraction of sp³-hybridized carbons (Fsp3) is 0.500. The third-order valence-corrected chi connectivity index (χ3v) is 4.53. The number of hydrogen-bond acceptors (Lipinski definition) is 2. The second-order valence-corrected chi connectivity index (χ2v) is 5.89. The molecule has 2 aliphatic rings. The van der Waals surface area contributed by atoms with Gasteiger partial charge in [0.1, 0.15) is 0 Å². The van der Waals surface area contributed by atoms with E-state index in [1.807, 2.05) is 6.20 Å². The molecule has 100 valence electrons. The van der Waals surface area contributed by atoms with Crippen molar-refractivity contribution in [1.82, 2.24) is 15.2 Å². The highest BCUT2D eigenvalue weighted by Gasteiger charge is 2.36. The number of hydrogen-bond donors (Lipinski definition) is 2. The lowest BCUT2D eigenvalue weighted by Gasteiger charge is -2.35. The van der Waals surface area contributed by atoms with E-state index < -0.39 is 0 Å². The zero-order valence-corrected chi connectivity index (χ0v) is 11.2. The highest BCUT2D eigenvalue weighted by atomic mass is 15.2. The lowest BCUT2D eigenvalue weighted by atomic mass is 9.98. The normalized spacial score (nSPS) is 22.7. The standard InChI is InChI=1S/C16H21N3/c1-2-12(1)16(19-9-7-17-8-10-19)14-3-4-15-13(11-14)5-6-18-15/h3-6,11-12,16-18H,1-2,7-10H2/t16-/m1/s1. The first-order valence-corrected chi connectivity index (χ1v) is 7.43. The van der Waals surface area contributed by atoms with Crippen LogP contribution in [0.1, 0.15) is 24.4 Å². The van der Waals surface area contributed by atoms with Gasteiger partial charge in [-0.1, -0.05) is 6.07 Å². The van der Waals surface area contributed by atoms with Crippen LogP contribution in [0.15, 0.2) is 30.5 Å². The van der Waals surface area contributed by atoms with E-state index in [9.17, 15) is 0 Å². The number of nitrogens with one attached hydrogen (secondary N) is 2. The average Bonchev–Trinajstić information content (AvgIpc) is 3.17. The molecule has 1 aliphatic heterocycles. The Balaban J connectivity index is 1.68. The molecular formula is C16H21N3. The van der Waals surface area contributed by atoms with Crippen LogP contribution in [0.5, 0.6) is 0 Å². The van der Waals surface area contributed by atoms with Gasteiger partial charge in [0.2, 0.25) is 0 Å². The molecule has 2 N–H and O–H groups in total. The zero-order valence-electron chi connectivity index (χ0n) is 11.2. The van der Waals surface area contributed by atoms with Crippen molar-refractivity contribution in [2.24, 2.45) is 5.92 Å². The molecule has 0 amide bonds. The van der Waals surface area contributed by atoms with Crippen LogP contribution in [0.25, 0.3) is 10.9 Å². The summed E-state index contributed by atoms with van der Waals surface area (Å²) in [5, 5.41) is 4.80. The molecule has 2 heterocycles. The summed E-state index contributed by atoms with van der Waals surface area (Å²) in [4.78, 5) is 5.97. The monoisotopic (exact) mass is 255 g/mol. The summed E-state index contributed by atoms with van der Waals surface area (Å²) < 4.78 is 0. The fourth-order valence-corrected chi connectivity index (χ4v) is 3.41. The summed E-state index contributed by atoms with van der Waals surface area (Å²) in [6.45, 7) is 4.64. The third kappa shape index (κ3) is 2.17. The van der Waals surface area contributed by atoms with E-state index in [1.54, 1.807) is 0 Å². The second-order valence-electron chi connectivity index (χ2n) is 5.89. The van der Waals surface area contributed by atoms with Crippen LogP contribution >= 0.6 is 0 Å². The molecule has 3 nitrogen and oxygen atoms in total. The minimum Gasteiger partial charge on any atom is -0.361 e. The molecule has 2 fully saturated rings. The molecule has 1 aromatic heterocycles. The Morgan fingerprint density at radius 3 is 2.74 bits per heavy atom. The maximum absolute atomic E-state index is 3.46. The molecule has 0 radical (unpaired) electrons. The van der Waals surface area contributed by atoms with Crippen molar-refractivity contribution >= 4 is 10.9 Å². The molecule has 0 bridgehead atoms. The van der Waals surface area contributed by atoms with Crippen LogP contribution in [0.3, 0.4) is 0 Å². The first-order chi connectivity index (χ1) is 9.42. The van der Waals surface area contributed by atoms with Crippen molar-refractivity contribution in [2.75, 3.05) is 26.2 Å². The van der Waals surface area contributed by atoms with E-state index >= 15 is 0 Å². The maximum Gasteiger partial charge on any atom is 0.0454 e. The van der Waals surface area contributed by atoms with Gasteiger partial charge in [-0.25, -0.2) is 0 Å². The van der Waals surface area contributed by atoms with E-state index in [1.165, 1.54) is 42.4 Å². The first-order valence-electron chi connectivity index (χ1n) is 7.43. The van der Waals surface area contributed by atoms with Gasteiger partial charge in [0.05, 0.1) is 0 Å². The number of benzene rings is 1. The van der Waals surface area contributed by atoms with Crippen molar-refractivity contribution in [1.29, 1.82) is 0 Å². The van der Waals surface area contributed by atoms with Gasteiger partial charge in [0.15, 0.2) is 0 Å². The highest BCUT2D eigenvalue weighted by molar-refractivity contribution is 5.80. The lowest BCUT2D eigenvalue weighted by Crippen LogP contribution is -2.45. The predicted octanol–water partition coefficient (Wildman–Crippen LogP) is 2.52. The number of rotatable bonds is 3. The molecular weight excluding hydrogens is 234 g/mol. The fourth-order valence-electron chi connectivity index (χ4n) is 3.41. The predicted molar refractivity (Wildman–Crippen MR) is 78.2 cm³/mol. The van der Waals surface area contributed by atoms with Crippen LogP contribution in [0, 0.1) is 5.92 Å². The molecule has 2 aromatic rings. The largest absolute Gasteiger partial charge is 0.361 e. The summed E-state index contributed by atoms with van der Waals surface area (Å²) in [7, 11) is 0. The molecule has 1 atom stereocenters. The van der Waals surface area contributed by atoms with E-state index in [0.717, 1.165) is 19.0 Å². The Morgan fingerprint density at radius 2 is 1.95 bits per heavy atom. The van der Waals surface area contributed by atoms with Gasteiger partial charge in [0.25, 0.3) is 0 Å². The first kappa shape index (κ1) is 11.5. The Kier molecular flexibility index (Phi) is 2.82. The number of aromatic amines is 1. The van der Waals surface area contributed by atoms with Gasteiger partial charge in [-0.05, 0) is 47.9 Å². The molecule has 4 rings (SSSR count). The van der Waals surface area contributed by atoms with Crippen molar-refractivity contribution in [3.05, 3.63) is 36.0 Å². The van der Waals surface area contributed by atoms with Crippen LogP contribution in [0.2, 0.25) is 0 Å². The van der Waals surface area contributed by atoms with E-state index in [4.69, 9.17) is 0 Å².